The molecule has 0 heterocycles. The predicted octanol–water partition coefficient (Wildman–Crippen LogP) is 3.34. The van der Waals surface area contributed by atoms with Crippen LogP contribution < -0.4 is 10.6 Å². The van der Waals surface area contributed by atoms with E-state index in [1.807, 2.05) is 27.7 Å². The monoisotopic (exact) mass is 293 g/mol. The summed E-state index contributed by atoms with van der Waals surface area (Å²) in [5, 5.41) is 17.0. The minimum absolute atomic E-state index is 0.0858. The second-order valence-corrected chi connectivity index (χ2v) is 5.61. The summed E-state index contributed by atoms with van der Waals surface area (Å²) in [7, 11) is 0. The number of nitrogens with zero attached hydrogens (tertiary/aromatic N) is 1. The number of carbonyl (C=O) groups excluding carboxylic acids is 1. The molecule has 6 nitrogen and oxygen atoms in total. The highest BCUT2D eigenvalue weighted by molar-refractivity contribution is 5.99. The highest BCUT2D eigenvalue weighted by atomic mass is 16.6. The van der Waals surface area contributed by atoms with Crippen molar-refractivity contribution in [2.45, 2.75) is 46.1 Å². The molecule has 1 rings (SSSR count). The summed E-state index contributed by atoms with van der Waals surface area (Å²) in [6.07, 6.45) is 1.73. The molecule has 0 atom stereocenters. The average Bonchev–Trinajstić information content (AvgIpc) is 2.38. The molecule has 0 aromatic heterocycles. The Labute approximate surface area is 125 Å². The molecule has 1 aromatic rings. The highest BCUT2D eigenvalue weighted by Crippen LogP contribution is 2.24. The first-order valence-corrected chi connectivity index (χ1v) is 7.15. The van der Waals surface area contributed by atoms with Gasteiger partial charge < -0.3 is 10.6 Å². The molecule has 0 radical (unpaired) electrons. The SMILES string of the molecule is CCCC(C)(C)NC(=O)c1cc(NCC)ccc1[N+](=O)[O-]. The van der Waals surface area contributed by atoms with Gasteiger partial charge in [-0.2, -0.15) is 0 Å². The van der Waals surface area contributed by atoms with Crippen LogP contribution in [-0.2, 0) is 0 Å². The number of rotatable bonds is 7. The molecule has 6 heteroatoms. The third-order valence-electron chi connectivity index (χ3n) is 3.15. The van der Waals surface area contributed by atoms with Gasteiger partial charge in [-0.25, -0.2) is 0 Å². The van der Waals surface area contributed by atoms with Crippen molar-refractivity contribution in [3.8, 4) is 0 Å². The predicted molar refractivity (Wildman–Crippen MR) is 83.7 cm³/mol. The summed E-state index contributed by atoms with van der Waals surface area (Å²) >= 11 is 0. The van der Waals surface area contributed by atoms with E-state index in [-0.39, 0.29) is 11.3 Å². The molecular formula is C15H23N3O3. The fraction of sp³-hybridized carbons (Fsp3) is 0.533. The topological polar surface area (TPSA) is 84.3 Å². The Morgan fingerprint density at radius 3 is 2.52 bits per heavy atom. The zero-order valence-electron chi connectivity index (χ0n) is 13.0. The fourth-order valence-electron chi connectivity index (χ4n) is 2.25. The minimum atomic E-state index is -0.530. The lowest BCUT2D eigenvalue weighted by atomic mass is 9.98. The minimum Gasteiger partial charge on any atom is -0.385 e. The number of nitro benzene ring substituents is 1. The van der Waals surface area contributed by atoms with Crippen LogP contribution in [0.1, 0.15) is 50.9 Å². The largest absolute Gasteiger partial charge is 0.385 e. The summed E-state index contributed by atoms with van der Waals surface area (Å²) in [5.41, 5.74) is 0.207. The van der Waals surface area contributed by atoms with Crippen LogP contribution >= 0.6 is 0 Å². The summed E-state index contributed by atoms with van der Waals surface area (Å²) in [6.45, 7) is 8.45. The summed E-state index contributed by atoms with van der Waals surface area (Å²) in [5.74, 6) is -0.417. The van der Waals surface area contributed by atoms with Crippen LogP contribution in [0, 0.1) is 10.1 Å². The zero-order valence-corrected chi connectivity index (χ0v) is 13.0. The molecular weight excluding hydrogens is 270 g/mol. The molecule has 0 aliphatic rings. The van der Waals surface area contributed by atoms with Gasteiger partial charge in [-0.15, -0.1) is 0 Å². The molecule has 1 aromatic carbocycles. The van der Waals surface area contributed by atoms with Gasteiger partial charge in [-0.05, 0) is 39.3 Å². The Morgan fingerprint density at radius 1 is 1.33 bits per heavy atom. The van der Waals surface area contributed by atoms with E-state index in [0.29, 0.717) is 12.2 Å². The third-order valence-corrected chi connectivity index (χ3v) is 3.15. The van der Waals surface area contributed by atoms with Gasteiger partial charge >= 0.3 is 0 Å². The number of carbonyl (C=O) groups is 1. The number of nitro groups is 1. The first-order chi connectivity index (χ1) is 9.80. The number of benzene rings is 1. The van der Waals surface area contributed by atoms with Crippen LogP contribution in [0.2, 0.25) is 0 Å². The van der Waals surface area contributed by atoms with E-state index in [0.717, 1.165) is 12.8 Å². The molecule has 0 aliphatic heterocycles. The standard InChI is InChI=1S/C15H23N3O3/c1-5-9-15(3,4)17-14(19)12-10-11(16-6-2)7-8-13(12)18(20)21/h7-8,10,16H,5-6,9H2,1-4H3,(H,17,19). The van der Waals surface area contributed by atoms with Crippen molar-refractivity contribution in [2.75, 3.05) is 11.9 Å². The van der Waals surface area contributed by atoms with Gasteiger partial charge in [0.1, 0.15) is 5.56 Å². The van der Waals surface area contributed by atoms with Crippen molar-refractivity contribution < 1.29 is 9.72 Å². The lowest BCUT2D eigenvalue weighted by molar-refractivity contribution is -0.385. The molecule has 2 N–H and O–H groups in total. The van der Waals surface area contributed by atoms with Crippen molar-refractivity contribution in [3.05, 3.63) is 33.9 Å². The van der Waals surface area contributed by atoms with Crippen molar-refractivity contribution in [2.24, 2.45) is 0 Å². The van der Waals surface area contributed by atoms with Crippen molar-refractivity contribution in [1.82, 2.24) is 5.32 Å². The first-order valence-electron chi connectivity index (χ1n) is 7.15. The van der Waals surface area contributed by atoms with Gasteiger partial charge in [0.05, 0.1) is 4.92 Å². The highest BCUT2D eigenvalue weighted by Gasteiger charge is 2.25. The smallest absolute Gasteiger partial charge is 0.282 e. The molecule has 0 saturated carbocycles. The fourth-order valence-corrected chi connectivity index (χ4v) is 2.25. The lowest BCUT2D eigenvalue weighted by Gasteiger charge is -2.25. The Kier molecular flexibility index (Phi) is 5.69. The van der Waals surface area contributed by atoms with Crippen LogP contribution in [0.25, 0.3) is 0 Å². The Hall–Kier alpha value is -2.11. The molecule has 0 fully saturated rings. The van der Waals surface area contributed by atoms with Crippen LogP contribution in [-0.4, -0.2) is 22.9 Å². The van der Waals surface area contributed by atoms with E-state index < -0.39 is 16.4 Å². The molecule has 0 bridgehead atoms. The second kappa shape index (κ2) is 7.06. The van der Waals surface area contributed by atoms with E-state index in [2.05, 4.69) is 10.6 Å². The molecule has 116 valence electrons. The molecule has 0 saturated heterocycles. The number of amides is 1. The average molecular weight is 293 g/mol. The van der Waals surface area contributed by atoms with Crippen LogP contribution in [0.5, 0.6) is 0 Å². The Balaban J connectivity index is 3.10. The van der Waals surface area contributed by atoms with Gasteiger partial charge in [-0.3, -0.25) is 14.9 Å². The Morgan fingerprint density at radius 2 is 2.00 bits per heavy atom. The summed E-state index contributed by atoms with van der Waals surface area (Å²) in [4.78, 5) is 22.9. The van der Waals surface area contributed by atoms with E-state index in [4.69, 9.17) is 0 Å². The van der Waals surface area contributed by atoms with Gasteiger partial charge in [-0.1, -0.05) is 13.3 Å². The van der Waals surface area contributed by atoms with Crippen molar-refractivity contribution >= 4 is 17.3 Å². The maximum Gasteiger partial charge on any atom is 0.282 e. The quantitative estimate of drug-likeness (QED) is 0.596. The number of hydrogen-bond donors (Lipinski definition) is 2. The van der Waals surface area contributed by atoms with Crippen LogP contribution in [0.4, 0.5) is 11.4 Å². The van der Waals surface area contributed by atoms with Gasteiger partial charge in [0, 0.05) is 23.8 Å². The number of nitrogens with one attached hydrogen (secondary N) is 2. The van der Waals surface area contributed by atoms with Crippen molar-refractivity contribution in [3.63, 3.8) is 0 Å². The van der Waals surface area contributed by atoms with E-state index >= 15 is 0 Å². The zero-order chi connectivity index (χ0) is 16.0. The molecule has 1 amide bonds. The third kappa shape index (κ3) is 4.73. The first kappa shape index (κ1) is 16.9. The van der Waals surface area contributed by atoms with E-state index in [9.17, 15) is 14.9 Å². The van der Waals surface area contributed by atoms with E-state index in [1.165, 1.54) is 12.1 Å². The molecule has 0 spiro atoms. The van der Waals surface area contributed by atoms with Gasteiger partial charge in [0.15, 0.2) is 0 Å². The molecule has 21 heavy (non-hydrogen) atoms. The van der Waals surface area contributed by atoms with Gasteiger partial charge in [0.25, 0.3) is 11.6 Å². The van der Waals surface area contributed by atoms with E-state index in [1.54, 1.807) is 6.07 Å². The lowest BCUT2D eigenvalue weighted by Crippen LogP contribution is -2.43. The molecule has 0 unspecified atom stereocenters. The van der Waals surface area contributed by atoms with Crippen LogP contribution in [0.15, 0.2) is 18.2 Å². The second-order valence-electron chi connectivity index (χ2n) is 5.61. The number of anilines is 1. The summed E-state index contributed by atoms with van der Waals surface area (Å²) < 4.78 is 0. The maximum atomic E-state index is 12.4. The Bertz CT molecular complexity index is 527. The van der Waals surface area contributed by atoms with Crippen LogP contribution in [0.3, 0.4) is 0 Å². The van der Waals surface area contributed by atoms with Gasteiger partial charge in [0.2, 0.25) is 0 Å². The normalized spacial score (nSPS) is 11.0. The number of hydrogen-bond acceptors (Lipinski definition) is 4. The van der Waals surface area contributed by atoms with Crippen molar-refractivity contribution in [1.29, 1.82) is 0 Å². The maximum absolute atomic E-state index is 12.4. The summed E-state index contributed by atoms with van der Waals surface area (Å²) in [6, 6.07) is 4.49. The molecule has 0 aliphatic carbocycles.